The first-order valence-electron chi connectivity index (χ1n) is 7.05. The molecule has 0 fully saturated rings. The van der Waals surface area contributed by atoms with E-state index in [0.29, 0.717) is 5.16 Å². The molecule has 110 valence electrons. The summed E-state index contributed by atoms with van der Waals surface area (Å²) >= 11 is 1.49. The fourth-order valence-electron chi connectivity index (χ4n) is 1.74. The minimum atomic E-state index is -0.131. The molecule has 0 spiro atoms. The molecule has 2 N–H and O–H groups in total. The Morgan fingerprint density at radius 1 is 1.50 bits per heavy atom. The van der Waals surface area contributed by atoms with Crippen LogP contribution in [0, 0.1) is 11.3 Å². The number of rotatable bonds is 9. The molecule has 0 aliphatic heterocycles. The van der Waals surface area contributed by atoms with Gasteiger partial charge < -0.3 is 10.3 Å². The summed E-state index contributed by atoms with van der Waals surface area (Å²) in [6.45, 7) is 4.99. The molecule has 1 rings (SSSR count). The van der Waals surface area contributed by atoms with Crippen LogP contribution in [0.2, 0.25) is 0 Å². The number of hydrogen-bond donors (Lipinski definition) is 2. The maximum atomic E-state index is 11.5. The molecule has 0 amide bonds. The Hall–Kier alpha value is -1.32. The van der Waals surface area contributed by atoms with Crippen LogP contribution >= 0.6 is 11.8 Å². The number of aryl methyl sites for hydroxylation is 1. The molecule has 1 atom stereocenters. The molecule has 0 aliphatic rings. The zero-order valence-corrected chi connectivity index (χ0v) is 12.9. The van der Waals surface area contributed by atoms with Gasteiger partial charge in [-0.3, -0.25) is 4.79 Å². The van der Waals surface area contributed by atoms with Crippen LogP contribution in [0.5, 0.6) is 0 Å². The van der Waals surface area contributed by atoms with Crippen LogP contribution in [-0.2, 0) is 6.42 Å². The van der Waals surface area contributed by atoms with Crippen molar-refractivity contribution in [1.29, 1.82) is 5.26 Å². The summed E-state index contributed by atoms with van der Waals surface area (Å²) in [7, 11) is 0. The topological polar surface area (TPSA) is 81.6 Å². The SMILES string of the molecule is CCCNC(C#N)CCSc1nc(CCC)cc(=O)[nH]1. The standard InChI is InChI=1S/C14H22N4OS/c1-3-5-11-9-13(19)18-14(17-11)20-8-6-12(10-15)16-7-4-2/h9,12,16H,3-8H2,1-2H3,(H,17,18,19). The molecule has 1 heterocycles. The van der Waals surface area contributed by atoms with Crippen molar-refractivity contribution in [3.63, 3.8) is 0 Å². The molecule has 20 heavy (non-hydrogen) atoms. The highest BCUT2D eigenvalue weighted by Crippen LogP contribution is 2.14. The van der Waals surface area contributed by atoms with E-state index in [-0.39, 0.29) is 11.6 Å². The minimum absolute atomic E-state index is 0.105. The lowest BCUT2D eigenvalue weighted by Gasteiger charge is -2.10. The van der Waals surface area contributed by atoms with E-state index in [1.165, 1.54) is 11.8 Å². The van der Waals surface area contributed by atoms with Crippen LogP contribution in [0.4, 0.5) is 0 Å². The van der Waals surface area contributed by atoms with Gasteiger partial charge in [0.25, 0.3) is 5.56 Å². The molecule has 0 saturated carbocycles. The van der Waals surface area contributed by atoms with Crippen molar-refractivity contribution >= 4 is 11.8 Å². The third-order valence-corrected chi connectivity index (χ3v) is 3.63. The van der Waals surface area contributed by atoms with Gasteiger partial charge in [-0.15, -0.1) is 0 Å². The Morgan fingerprint density at radius 3 is 2.95 bits per heavy atom. The molecule has 0 saturated heterocycles. The van der Waals surface area contributed by atoms with E-state index < -0.39 is 0 Å². The molecule has 1 aromatic rings. The molecule has 0 radical (unpaired) electrons. The van der Waals surface area contributed by atoms with E-state index in [0.717, 1.165) is 43.7 Å². The van der Waals surface area contributed by atoms with Crippen molar-refractivity contribution < 1.29 is 0 Å². The second kappa shape index (κ2) is 9.56. The third kappa shape index (κ3) is 6.22. The normalized spacial score (nSPS) is 12.1. The average Bonchev–Trinajstić information content (AvgIpc) is 2.42. The van der Waals surface area contributed by atoms with Crippen LogP contribution in [0.1, 0.15) is 38.8 Å². The van der Waals surface area contributed by atoms with Gasteiger partial charge in [0.15, 0.2) is 5.16 Å². The van der Waals surface area contributed by atoms with E-state index >= 15 is 0 Å². The Labute approximate surface area is 124 Å². The second-order valence-electron chi connectivity index (χ2n) is 4.56. The number of hydrogen-bond acceptors (Lipinski definition) is 5. The summed E-state index contributed by atoms with van der Waals surface area (Å²) in [5.74, 6) is 0.757. The predicted molar refractivity (Wildman–Crippen MR) is 81.9 cm³/mol. The van der Waals surface area contributed by atoms with Gasteiger partial charge in [0, 0.05) is 17.5 Å². The Balaban J connectivity index is 2.49. The van der Waals surface area contributed by atoms with Gasteiger partial charge in [-0.2, -0.15) is 5.26 Å². The van der Waals surface area contributed by atoms with E-state index in [1.54, 1.807) is 6.07 Å². The summed E-state index contributed by atoms with van der Waals surface area (Å²) < 4.78 is 0. The lowest BCUT2D eigenvalue weighted by molar-refractivity contribution is 0.585. The fourth-order valence-corrected chi connectivity index (χ4v) is 2.64. The molecule has 0 aliphatic carbocycles. The number of H-pyrrole nitrogens is 1. The highest BCUT2D eigenvalue weighted by atomic mass is 32.2. The minimum Gasteiger partial charge on any atom is -0.302 e. The van der Waals surface area contributed by atoms with Crippen LogP contribution in [0.25, 0.3) is 0 Å². The van der Waals surface area contributed by atoms with E-state index in [4.69, 9.17) is 5.26 Å². The largest absolute Gasteiger partial charge is 0.302 e. The van der Waals surface area contributed by atoms with Gasteiger partial charge in [0.05, 0.1) is 12.1 Å². The summed E-state index contributed by atoms with van der Waals surface area (Å²) in [6, 6.07) is 3.67. The molecule has 5 nitrogen and oxygen atoms in total. The van der Waals surface area contributed by atoms with Crippen molar-refractivity contribution in [3.8, 4) is 6.07 Å². The number of thioether (sulfide) groups is 1. The van der Waals surface area contributed by atoms with Crippen molar-refractivity contribution in [2.75, 3.05) is 12.3 Å². The molecule has 0 aromatic carbocycles. The first kappa shape index (κ1) is 16.7. The van der Waals surface area contributed by atoms with Crippen LogP contribution in [-0.4, -0.2) is 28.3 Å². The molecular weight excluding hydrogens is 272 g/mol. The number of aromatic amines is 1. The van der Waals surface area contributed by atoms with Gasteiger partial charge in [-0.1, -0.05) is 32.0 Å². The van der Waals surface area contributed by atoms with Crippen molar-refractivity contribution in [2.45, 2.75) is 50.7 Å². The molecule has 1 unspecified atom stereocenters. The average molecular weight is 294 g/mol. The number of nitriles is 1. The van der Waals surface area contributed by atoms with Gasteiger partial charge >= 0.3 is 0 Å². The number of nitrogens with zero attached hydrogens (tertiary/aromatic N) is 2. The van der Waals surface area contributed by atoms with Crippen molar-refractivity contribution in [1.82, 2.24) is 15.3 Å². The van der Waals surface area contributed by atoms with Gasteiger partial charge in [-0.05, 0) is 25.8 Å². The predicted octanol–water partition coefficient (Wildman–Crippen LogP) is 2.10. The first-order chi connectivity index (χ1) is 9.69. The summed E-state index contributed by atoms with van der Waals surface area (Å²) in [5, 5.41) is 12.8. The molecule has 0 bridgehead atoms. The van der Waals surface area contributed by atoms with Gasteiger partial charge in [0.2, 0.25) is 0 Å². The molecule has 1 aromatic heterocycles. The molecular formula is C14H22N4OS. The van der Waals surface area contributed by atoms with Crippen LogP contribution in [0.3, 0.4) is 0 Å². The third-order valence-electron chi connectivity index (χ3n) is 2.72. The fraction of sp³-hybridized carbons (Fsp3) is 0.643. The zero-order valence-electron chi connectivity index (χ0n) is 12.1. The quantitative estimate of drug-likeness (QED) is 0.538. The first-order valence-corrected chi connectivity index (χ1v) is 8.04. The monoisotopic (exact) mass is 294 g/mol. The van der Waals surface area contributed by atoms with Crippen LogP contribution < -0.4 is 10.9 Å². The van der Waals surface area contributed by atoms with E-state index in [9.17, 15) is 4.79 Å². The highest BCUT2D eigenvalue weighted by Gasteiger charge is 2.07. The van der Waals surface area contributed by atoms with Crippen LogP contribution in [0.15, 0.2) is 16.0 Å². The number of nitrogens with one attached hydrogen (secondary N) is 2. The smallest absolute Gasteiger partial charge is 0.251 e. The molecule has 6 heteroatoms. The highest BCUT2D eigenvalue weighted by molar-refractivity contribution is 7.99. The van der Waals surface area contributed by atoms with Gasteiger partial charge in [0.1, 0.15) is 0 Å². The maximum absolute atomic E-state index is 11.5. The summed E-state index contributed by atoms with van der Waals surface area (Å²) in [5.41, 5.74) is 0.728. The Bertz CT molecular complexity index is 495. The van der Waals surface area contributed by atoms with Crippen molar-refractivity contribution in [3.05, 3.63) is 22.1 Å². The lowest BCUT2D eigenvalue weighted by atomic mass is 10.2. The summed E-state index contributed by atoms with van der Waals surface area (Å²) in [4.78, 5) is 18.7. The van der Waals surface area contributed by atoms with Gasteiger partial charge in [-0.25, -0.2) is 4.98 Å². The van der Waals surface area contributed by atoms with E-state index in [1.807, 2.05) is 0 Å². The Morgan fingerprint density at radius 2 is 2.30 bits per heavy atom. The summed E-state index contributed by atoms with van der Waals surface area (Å²) in [6.07, 6.45) is 3.54. The lowest BCUT2D eigenvalue weighted by Crippen LogP contribution is -2.28. The number of aromatic nitrogens is 2. The van der Waals surface area contributed by atoms with E-state index in [2.05, 4.69) is 35.2 Å². The maximum Gasteiger partial charge on any atom is 0.251 e. The zero-order chi connectivity index (χ0) is 14.8. The Kier molecular flexibility index (Phi) is 8.00. The van der Waals surface area contributed by atoms with Crippen molar-refractivity contribution in [2.24, 2.45) is 0 Å². The second-order valence-corrected chi connectivity index (χ2v) is 5.65.